The molecule has 6 unspecified atom stereocenters. The average molecular weight is 1200 g/mol. The molecule has 0 amide bonds. The van der Waals surface area contributed by atoms with Gasteiger partial charge < -0.3 is 79.1 Å². The van der Waals surface area contributed by atoms with Gasteiger partial charge in [0.15, 0.2) is 30.2 Å². The Hall–Kier alpha value is -4.66. The van der Waals surface area contributed by atoms with Gasteiger partial charge in [-0.1, -0.05) is 4.98 Å². The maximum Gasteiger partial charge on any atom is 0.490 e. The number of H-pyrrole nitrogens is 2. The summed E-state index contributed by atoms with van der Waals surface area (Å²) in [5.74, 6) is -1.23. The van der Waals surface area contributed by atoms with Crippen molar-refractivity contribution in [1.82, 2.24) is 48.5 Å². The largest absolute Gasteiger partial charge is 0.756 e. The Labute approximate surface area is 441 Å². The lowest BCUT2D eigenvalue weighted by Crippen LogP contribution is -2.45. The van der Waals surface area contributed by atoms with E-state index in [1.165, 1.54) is 27.1 Å². The maximum absolute atomic E-state index is 13.5. The number of aryl methyl sites for hydroxylation is 1. The maximum atomic E-state index is 13.5. The number of aliphatic hydroxyl groups is 3. The van der Waals surface area contributed by atoms with Crippen LogP contribution in [-0.2, 0) is 75.7 Å². The molecule has 4 fully saturated rings. The fourth-order valence-electron chi connectivity index (χ4n) is 9.38. The van der Waals surface area contributed by atoms with Crippen LogP contribution in [0, 0.1) is 5.92 Å². The van der Waals surface area contributed by atoms with Gasteiger partial charge in [0.1, 0.15) is 54.6 Å². The quantitative estimate of drug-likeness (QED) is 0.0230. The molecular formula is C37H53N13O25P4. The number of phosphoric ester groups is 3. The third-order valence-corrected chi connectivity index (χ3v) is 18.2. The number of hydrogen-bond donors (Lipinski definition) is 10. The average Bonchev–Trinajstić information content (AvgIpc) is 4.32. The van der Waals surface area contributed by atoms with Crippen LogP contribution in [0.5, 0.6) is 0 Å². The third-order valence-electron chi connectivity index (χ3n) is 13.0. The standard InChI is InChI=1S/C37H53N13O25P4/c1-46-16-50(31-23(46)32(55)45-36(39)44-31)33-24(52)17(3-5-47-7-9-66-10-8-47)18(70-33)11-68-77(59,60)74-79(63,64)75-78(61,62)69-13-20-27(28(65-2)35(72-20)49-15-42-22-29(38)40-14-41-30(22)49)73-76(57,58)67-12-19-25(53)26(54)34(71-19)48-6-4-21(51)43-37(48)56/h4,6,14-20,24-28,33-35,52-54H,3,5,7-13H2,1-2H3,(H9-,38,39,40,41,43,44,45,51,55,56,57,58,59,60,61,62,63,64)/t17-,18-,19-,20?,24-,25-,26-,27-,28-,33?,34-,35-/m1/s1. The number of nitrogen functional groups attached to an aromatic ring is 2. The molecule has 0 aliphatic carbocycles. The van der Waals surface area contributed by atoms with Gasteiger partial charge in [0, 0.05) is 38.4 Å². The number of nitrogens with one attached hydrogen (secondary N) is 2. The molecule has 9 rings (SSSR count). The number of anilines is 2. The number of imidazole rings is 2. The van der Waals surface area contributed by atoms with Crippen molar-refractivity contribution in [3.8, 4) is 0 Å². The molecule has 38 nitrogen and oxygen atoms in total. The van der Waals surface area contributed by atoms with Gasteiger partial charge in [-0.05, 0) is 13.0 Å². The van der Waals surface area contributed by atoms with Crippen molar-refractivity contribution in [3.05, 3.63) is 62.4 Å². The molecule has 12 N–H and O–H groups in total. The molecule has 79 heavy (non-hydrogen) atoms. The Bertz CT molecular complexity index is 3410. The van der Waals surface area contributed by atoms with E-state index >= 15 is 0 Å². The highest BCUT2D eigenvalue weighted by Gasteiger charge is 2.53. The molecule has 0 aromatic carbocycles. The summed E-state index contributed by atoms with van der Waals surface area (Å²) in [5.41, 5.74) is 9.41. The number of rotatable bonds is 22. The Balaban J connectivity index is 0.873. The normalized spacial score (nSPS) is 30.8. The van der Waals surface area contributed by atoms with Gasteiger partial charge in [-0.3, -0.25) is 51.8 Å². The van der Waals surface area contributed by atoms with Gasteiger partial charge >= 0.3 is 34.8 Å². The van der Waals surface area contributed by atoms with E-state index in [-0.39, 0.29) is 40.5 Å². The van der Waals surface area contributed by atoms with E-state index in [4.69, 9.17) is 53.2 Å². The zero-order valence-corrected chi connectivity index (χ0v) is 44.7. The fourth-order valence-corrected chi connectivity index (χ4v) is 13.8. The lowest BCUT2D eigenvalue weighted by atomic mass is 9.94. The molecule has 0 bridgehead atoms. The van der Waals surface area contributed by atoms with E-state index in [0.717, 1.165) is 36.6 Å². The first-order chi connectivity index (χ1) is 37.2. The first-order valence-electron chi connectivity index (χ1n) is 23.4. The minimum Gasteiger partial charge on any atom is -0.756 e. The predicted octanol–water partition coefficient (Wildman–Crippen LogP) is -4.53. The molecule has 16 atom stereocenters. The number of aliphatic hydroxyl groups excluding tert-OH is 3. The van der Waals surface area contributed by atoms with Crippen LogP contribution in [-0.4, -0.2) is 187 Å². The molecule has 4 aliphatic rings. The first-order valence-corrected chi connectivity index (χ1v) is 29.4. The summed E-state index contributed by atoms with van der Waals surface area (Å²) in [4.78, 5) is 105. The van der Waals surface area contributed by atoms with Gasteiger partial charge in [-0.2, -0.15) is 8.62 Å². The number of methoxy groups -OCH3 is 1. The number of nitrogens with two attached hydrogens (primary N) is 2. The van der Waals surface area contributed by atoms with Crippen molar-refractivity contribution in [2.45, 2.75) is 73.9 Å². The van der Waals surface area contributed by atoms with E-state index in [0.29, 0.717) is 32.8 Å². The Morgan fingerprint density at radius 1 is 0.823 bits per heavy atom. The third kappa shape index (κ3) is 13.0. The molecule has 0 radical (unpaired) electrons. The van der Waals surface area contributed by atoms with Crippen LogP contribution in [0.4, 0.5) is 11.8 Å². The van der Waals surface area contributed by atoms with Gasteiger partial charge in [0.2, 0.25) is 11.7 Å². The Morgan fingerprint density at radius 2 is 1.49 bits per heavy atom. The summed E-state index contributed by atoms with van der Waals surface area (Å²) >= 11 is 0. The molecule has 436 valence electrons. The number of aromatic amines is 2. The van der Waals surface area contributed by atoms with Crippen molar-refractivity contribution in [3.63, 3.8) is 0 Å². The highest BCUT2D eigenvalue weighted by Crippen LogP contribution is 2.68. The number of fused-ring (bicyclic) bond motifs is 2. The van der Waals surface area contributed by atoms with Crippen LogP contribution < -0.4 is 37.7 Å². The number of hydrogen-bond acceptors (Lipinski definition) is 29. The van der Waals surface area contributed by atoms with Crippen LogP contribution in [0.3, 0.4) is 0 Å². The summed E-state index contributed by atoms with van der Waals surface area (Å²) in [6.07, 6.45) is -13.2. The predicted molar refractivity (Wildman–Crippen MR) is 255 cm³/mol. The van der Waals surface area contributed by atoms with Crippen molar-refractivity contribution < 1.29 is 108 Å². The van der Waals surface area contributed by atoms with Crippen LogP contribution in [0.2, 0.25) is 0 Å². The van der Waals surface area contributed by atoms with Gasteiger partial charge in [-0.15, -0.1) is 0 Å². The number of nitrogens with zero attached hydrogens (tertiary/aromatic N) is 9. The van der Waals surface area contributed by atoms with Crippen LogP contribution in [0.1, 0.15) is 25.1 Å². The SMILES string of the molecule is CO[C@@H]1[C@H](OP(=O)([O-])OC[C@H]2O[C@@H](n3ccc(=O)[nH]c3=O)[C@H](O)[C@@H]2O)C(COP(=O)(O)OP(=O)(O)OP(=O)(O)OC[C@H]2OC([n+]3cn(C)c4c(=O)[nH]c(N)nc43)[C@H](O)[C@@H]2CCN2CCOCC2)O[C@H]1n1cnc2c(N)ncnc21. The second-order valence-electron chi connectivity index (χ2n) is 18.1. The molecule has 4 saturated heterocycles. The van der Waals surface area contributed by atoms with Crippen molar-refractivity contribution in [1.29, 1.82) is 0 Å². The molecule has 5 aromatic rings. The number of morpholine rings is 1. The number of phosphoric acid groups is 4. The van der Waals surface area contributed by atoms with Crippen LogP contribution in [0.15, 0.2) is 45.6 Å². The molecule has 9 heterocycles. The molecule has 0 saturated carbocycles. The zero-order chi connectivity index (χ0) is 56.9. The minimum atomic E-state index is -6.20. The second-order valence-corrected chi connectivity index (χ2v) is 24.1. The topological polar surface area (TPSA) is 523 Å². The van der Waals surface area contributed by atoms with Gasteiger partial charge in [0.05, 0.1) is 52.5 Å². The lowest BCUT2D eigenvalue weighted by Gasteiger charge is -2.31. The van der Waals surface area contributed by atoms with E-state index in [1.54, 1.807) is 0 Å². The number of aromatic nitrogens is 10. The summed E-state index contributed by atoms with van der Waals surface area (Å²) in [5, 5.41) is 33.0. The lowest BCUT2D eigenvalue weighted by molar-refractivity contribution is -0.745. The Morgan fingerprint density at radius 3 is 2.18 bits per heavy atom. The summed E-state index contributed by atoms with van der Waals surface area (Å²) in [7, 11) is -21.1. The smallest absolute Gasteiger partial charge is 0.490 e. The molecule has 0 spiro atoms. The van der Waals surface area contributed by atoms with Crippen LogP contribution in [0.25, 0.3) is 22.3 Å². The zero-order valence-electron chi connectivity index (χ0n) is 41.1. The van der Waals surface area contributed by atoms with E-state index < -0.39 is 141 Å². The van der Waals surface area contributed by atoms with Crippen molar-refractivity contribution in [2.24, 2.45) is 13.0 Å². The van der Waals surface area contributed by atoms with E-state index in [1.807, 2.05) is 9.88 Å². The number of ether oxygens (including phenoxy) is 5. The highest BCUT2D eigenvalue weighted by molar-refractivity contribution is 7.66. The minimum absolute atomic E-state index is 0.00268. The summed E-state index contributed by atoms with van der Waals surface area (Å²) in [6.45, 7) is -0.905. The summed E-state index contributed by atoms with van der Waals surface area (Å²) < 4.78 is 116. The van der Waals surface area contributed by atoms with Gasteiger partial charge in [-0.25, -0.2) is 38.0 Å². The first kappa shape index (κ1) is 59.0. The highest BCUT2D eigenvalue weighted by atomic mass is 31.3. The Kier molecular flexibility index (Phi) is 17.4. The summed E-state index contributed by atoms with van der Waals surface area (Å²) in [6, 6.07) is 0.919. The monoisotopic (exact) mass is 1200 g/mol. The fraction of sp³-hybridized carbons (Fsp3) is 0.622. The molecule has 5 aromatic heterocycles. The van der Waals surface area contributed by atoms with E-state index in [9.17, 15) is 67.5 Å². The second kappa shape index (κ2) is 23.3. The van der Waals surface area contributed by atoms with Crippen LogP contribution >= 0.6 is 31.3 Å². The van der Waals surface area contributed by atoms with Gasteiger partial charge in [0.25, 0.3) is 24.9 Å². The molecule has 4 aliphatic heterocycles. The van der Waals surface area contributed by atoms with E-state index in [2.05, 4.69) is 33.5 Å². The van der Waals surface area contributed by atoms with Crippen molar-refractivity contribution in [2.75, 3.05) is 71.2 Å². The molecular weight excluding hydrogens is 1150 g/mol. The van der Waals surface area contributed by atoms with Crippen molar-refractivity contribution >= 4 is 65.4 Å². The molecule has 42 heteroatoms.